The van der Waals surface area contributed by atoms with Crippen molar-refractivity contribution < 1.29 is 4.74 Å². The maximum Gasteiger partial charge on any atom is 0.206 e. The fourth-order valence-corrected chi connectivity index (χ4v) is 3.30. The molecule has 8 heteroatoms. The molecule has 0 aliphatic carbocycles. The van der Waals surface area contributed by atoms with E-state index >= 15 is 0 Å². The monoisotopic (exact) mass is 335 g/mol. The van der Waals surface area contributed by atoms with E-state index < -0.39 is 0 Å². The van der Waals surface area contributed by atoms with Crippen LogP contribution in [0.25, 0.3) is 0 Å². The number of anilines is 1. The molecule has 1 aromatic heterocycles. The average Bonchev–Trinajstić information content (AvgIpc) is 2.84. The molecule has 0 fully saturated rings. The number of rotatable bonds is 6. The van der Waals surface area contributed by atoms with Crippen molar-refractivity contribution in [1.29, 1.82) is 0 Å². The van der Waals surface area contributed by atoms with Crippen LogP contribution in [0.2, 0.25) is 10.0 Å². The molecule has 0 atom stereocenters. The minimum Gasteiger partial charge on any atom is -0.491 e. The minimum atomic E-state index is 0.519. The Kier molecular flexibility index (Phi) is 5.57. The Bertz CT molecular complexity index is 550. The van der Waals surface area contributed by atoms with E-state index in [0.29, 0.717) is 22.4 Å². The van der Waals surface area contributed by atoms with Gasteiger partial charge in [0.15, 0.2) is 4.34 Å². The molecule has 19 heavy (non-hydrogen) atoms. The Labute approximate surface area is 129 Å². The molecule has 0 saturated heterocycles. The van der Waals surface area contributed by atoms with Gasteiger partial charge < -0.3 is 10.1 Å². The first-order valence-corrected chi connectivity index (χ1v) is 7.97. The molecule has 0 spiro atoms. The van der Waals surface area contributed by atoms with Crippen LogP contribution < -0.4 is 10.1 Å². The first-order valence-electron chi connectivity index (χ1n) is 5.41. The van der Waals surface area contributed by atoms with Crippen LogP contribution in [0.1, 0.15) is 0 Å². The average molecular weight is 336 g/mol. The Hall–Kier alpha value is -0.690. The quantitative estimate of drug-likeness (QED) is 0.637. The normalized spacial score (nSPS) is 10.5. The van der Waals surface area contributed by atoms with Gasteiger partial charge in [-0.05, 0) is 18.2 Å². The second-order valence-corrected chi connectivity index (χ2v) is 6.56. The van der Waals surface area contributed by atoms with E-state index in [2.05, 4.69) is 15.5 Å². The van der Waals surface area contributed by atoms with Crippen LogP contribution in [0.5, 0.6) is 5.75 Å². The molecular formula is C11H11Cl2N3OS2. The van der Waals surface area contributed by atoms with Gasteiger partial charge in [0.2, 0.25) is 5.13 Å². The van der Waals surface area contributed by atoms with Crippen molar-refractivity contribution in [3.8, 4) is 5.75 Å². The molecule has 2 rings (SSSR count). The summed E-state index contributed by atoms with van der Waals surface area (Å²) in [6.45, 7) is 0.542. The molecule has 0 saturated carbocycles. The molecule has 1 aromatic carbocycles. The van der Waals surface area contributed by atoms with E-state index in [4.69, 9.17) is 27.9 Å². The maximum absolute atomic E-state index is 6.00. The number of halogens is 2. The Morgan fingerprint density at radius 2 is 2.21 bits per heavy atom. The van der Waals surface area contributed by atoms with Crippen molar-refractivity contribution in [3.63, 3.8) is 0 Å². The van der Waals surface area contributed by atoms with Gasteiger partial charge in [-0.1, -0.05) is 46.3 Å². The molecule has 0 amide bonds. The van der Waals surface area contributed by atoms with Gasteiger partial charge in [-0.3, -0.25) is 0 Å². The molecule has 0 radical (unpaired) electrons. The third kappa shape index (κ3) is 4.42. The molecule has 0 aliphatic rings. The second kappa shape index (κ2) is 7.19. The number of aromatic nitrogens is 2. The van der Waals surface area contributed by atoms with Crippen LogP contribution >= 0.6 is 46.3 Å². The van der Waals surface area contributed by atoms with Crippen molar-refractivity contribution in [3.05, 3.63) is 28.2 Å². The third-order valence-electron chi connectivity index (χ3n) is 2.08. The van der Waals surface area contributed by atoms with Crippen LogP contribution in [0.4, 0.5) is 5.13 Å². The molecule has 1 N–H and O–H groups in total. The molecule has 1 heterocycles. The molecular weight excluding hydrogens is 325 g/mol. The molecule has 0 unspecified atom stereocenters. The van der Waals surface area contributed by atoms with Crippen LogP contribution in [0, 0.1) is 0 Å². The zero-order valence-electron chi connectivity index (χ0n) is 10.0. The first-order chi connectivity index (χ1) is 9.19. The second-order valence-electron chi connectivity index (χ2n) is 3.39. The lowest BCUT2D eigenvalue weighted by atomic mass is 10.3. The van der Waals surface area contributed by atoms with Crippen molar-refractivity contribution in [1.82, 2.24) is 10.2 Å². The van der Waals surface area contributed by atoms with E-state index in [9.17, 15) is 0 Å². The number of hydrogen-bond donors (Lipinski definition) is 1. The van der Waals surface area contributed by atoms with E-state index in [0.717, 1.165) is 15.2 Å². The maximum atomic E-state index is 6.00. The predicted octanol–water partition coefficient (Wildman–Crippen LogP) is 4.06. The molecule has 0 bridgehead atoms. The Balaban J connectivity index is 1.77. The lowest BCUT2D eigenvalue weighted by molar-refractivity contribution is 0.344. The summed E-state index contributed by atoms with van der Waals surface area (Å²) in [5.74, 6) is 1.41. The van der Waals surface area contributed by atoms with Gasteiger partial charge in [-0.15, -0.1) is 10.2 Å². The van der Waals surface area contributed by atoms with Gasteiger partial charge in [0, 0.05) is 17.8 Å². The first kappa shape index (κ1) is 14.7. The summed E-state index contributed by atoms with van der Waals surface area (Å²) < 4.78 is 6.49. The highest BCUT2D eigenvalue weighted by atomic mass is 35.5. The summed E-state index contributed by atoms with van der Waals surface area (Å²) in [5, 5.41) is 12.9. The largest absolute Gasteiger partial charge is 0.491 e. The number of ether oxygens (including phenoxy) is 1. The smallest absolute Gasteiger partial charge is 0.206 e. The lowest BCUT2D eigenvalue weighted by Crippen LogP contribution is -2.00. The van der Waals surface area contributed by atoms with E-state index in [1.54, 1.807) is 30.0 Å². The summed E-state index contributed by atoms with van der Waals surface area (Å²) in [5.41, 5.74) is 0. The van der Waals surface area contributed by atoms with Crippen LogP contribution in [0.3, 0.4) is 0 Å². The van der Waals surface area contributed by atoms with E-state index in [1.807, 2.05) is 7.05 Å². The van der Waals surface area contributed by atoms with Crippen LogP contribution in [0.15, 0.2) is 22.5 Å². The fraction of sp³-hybridized carbons (Fsp3) is 0.273. The lowest BCUT2D eigenvalue weighted by Gasteiger charge is -2.07. The summed E-state index contributed by atoms with van der Waals surface area (Å²) in [6, 6.07) is 5.18. The zero-order valence-corrected chi connectivity index (χ0v) is 13.2. The molecule has 2 aromatic rings. The minimum absolute atomic E-state index is 0.519. The van der Waals surface area contributed by atoms with Gasteiger partial charge in [-0.25, -0.2) is 0 Å². The molecule has 0 aliphatic heterocycles. The number of benzene rings is 1. The molecule has 4 nitrogen and oxygen atoms in total. The molecule has 102 valence electrons. The third-order valence-corrected chi connectivity index (χ3v) is 4.65. The van der Waals surface area contributed by atoms with Crippen LogP contribution in [-0.4, -0.2) is 29.6 Å². The van der Waals surface area contributed by atoms with Crippen molar-refractivity contribution in [2.45, 2.75) is 4.34 Å². The van der Waals surface area contributed by atoms with Gasteiger partial charge >= 0.3 is 0 Å². The standard InChI is InChI=1S/C11H11Cl2N3OS2/c1-14-10-15-16-11(19-10)18-5-4-17-9-3-2-7(12)6-8(9)13/h2-3,6H,4-5H2,1H3,(H,14,15). The summed E-state index contributed by atoms with van der Waals surface area (Å²) in [6.07, 6.45) is 0. The number of thioether (sulfide) groups is 1. The Morgan fingerprint density at radius 1 is 1.37 bits per heavy atom. The summed E-state index contributed by atoms with van der Waals surface area (Å²) in [4.78, 5) is 0. The summed E-state index contributed by atoms with van der Waals surface area (Å²) in [7, 11) is 1.82. The van der Waals surface area contributed by atoms with Gasteiger partial charge in [-0.2, -0.15) is 0 Å². The van der Waals surface area contributed by atoms with Gasteiger partial charge in [0.25, 0.3) is 0 Å². The SMILES string of the molecule is CNc1nnc(SCCOc2ccc(Cl)cc2Cl)s1. The van der Waals surface area contributed by atoms with E-state index in [1.165, 1.54) is 11.3 Å². The van der Waals surface area contributed by atoms with Crippen molar-refractivity contribution >= 4 is 51.4 Å². The number of nitrogens with one attached hydrogen (secondary N) is 1. The Morgan fingerprint density at radius 3 is 2.89 bits per heavy atom. The highest BCUT2D eigenvalue weighted by Gasteiger charge is 2.05. The summed E-state index contributed by atoms with van der Waals surface area (Å²) >= 11 is 14.9. The number of hydrogen-bond acceptors (Lipinski definition) is 6. The predicted molar refractivity (Wildman–Crippen MR) is 82.1 cm³/mol. The zero-order chi connectivity index (χ0) is 13.7. The van der Waals surface area contributed by atoms with Crippen molar-refractivity contribution in [2.75, 3.05) is 24.7 Å². The highest BCUT2D eigenvalue weighted by Crippen LogP contribution is 2.28. The van der Waals surface area contributed by atoms with Gasteiger partial charge in [0.1, 0.15) is 5.75 Å². The number of nitrogens with zero attached hydrogens (tertiary/aromatic N) is 2. The topological polar surface area (TPSA) is 47.0 Å². The fourth-order valence-electron chi connectivity index (χ4n) is 1.24. The van der Waals surface area contributed by atoms with Crippen LogP contribution in [-0.2, 0) is 0 Å². The van der Waals surface area contributed by atoms with Crippen molar-refractivity contribution in [2.24, 2.45) is 0 Å². The van der Waals surface area contributed by atoms with E-state index in [-0.39, 0.29) is 0 Å². The van der Waals surface area contributed by atoms with Gasteiger partial charge in [0.05, 0.1) is 11.6 Å². The highest BCUT2D eigenvalue weighted by molar-refractivity contribution is 8.01.